The minimum atomic E-state index is -0.0799. The number of fused-ring (bicyclic) bond motifs is 1. The van der Waals surface area contributed by atoms with Crippen LogP contribution in [0.15, 0.2) is 17.1 Å². The smallest absolute Gasteiger partial charge is 0.271 e. The maximum atomic E-state index is 11.2. The highest BCUT2D eigenvalue weighted by Gasteiger charge is 2.03. The molecule has 12 heavy (non-hydrogen) atoms. The summed E-state index contributed by atoms with van der Waals surface area (Å²) in [5, 5.41) is 3.29. The first-order chi connectivity index (χ1) is 5.68. The highest BCUT2D eigenvalue weighted by Crippen LogP contribution is 2.06. The molecule has 0 atom stereocenters. The van der Waals surface area contributed by atoms with Crippen molar-refractivity contribution in [2.24, 2.45) is 7.05 Å². The maximum Gasteiger partial charge on any atom is 0.273 e. The van der Waals surface area contributed by atoms with Gasteiger partial charge in [0, 0.05) is 13.2 Å². The zero-order chi connectivity index (χ0) is 8.72. The van der Waals surface area contributed by atoms with Gasteiger partial charge >= 0.3 is 0 Å². The average Bonchev–Trinajstić information content (AvgIpc) is 2.28. The molecule has 0 aromatic carbocycles. The summed E-state index contributed by atoms with van der Waals surface area (Å²) in [4.78, 5) is 15.4. The van der Waals surface area contributed by atoms with Crippen molar-refractivity contribution < 1.29 is 0 Å². The van der Waals surface area contributed by atoms with E-state index in [4.69, 9.17) is 0 Å². The van der Waals surface area contributed by atoms with Crippen LogP contribution in [-0.2, 0) is 7.05 Å². The number of pyridine rings is 1. The number of H-pyrrole nitrogens is 1. The molecule has 0 spiro atoms. The van der Waals surface area contributed by atoms with Crippen LogP contribution in [0.2, 0.25) is 0 Å². The topological polar surface area (TPSA) is 50.7 Å². The van der Waals surface area contributed by atoms with E-state index in [1.54, 1.807) is 17.9 Å². The Labute approximate surface area is 68.8 Å². The fourth-order valence-corrected chi connectivity index (χ4v) is 1.26. The van der Waals surface area contributed by atoms with Crippen LogP contribution in [0, 0.1) is 6.92 Å². The van der Waals surface area contributed by atoms with Gasteiger partial charge in [-0.3, -0.25) is 14.6 Å². The first kappa shape index (κ1) is 7.09. The van der Waals surface area contributed by atoms with Crippen molar-refractivity contribution in [2.75, 3.05) is 0 Å². The standard InChI is InChI=1S/C8H9N3O/c1-5-3-6-7(9-4-5)11(2)10-8(6)12/h3-4H,1-2H3,(H,10,12). The summed E-state index contributed by atoms with van der Waals surface area (Å²) in [6, 6.07) is 1.83. The molecule has 0 aliphatic carbocycles. The predicted octanol–water partition coefficient (Wildman–Crippen LogP) is 0.570. The maximum absolute atomic E-state index is 11.2. The van der Waals surface area contributed by atoms with Gasteiger partial charge in [-0.05, 0) is 18.6 Å². The van der Waals surface area contributed by atoms with Crippen molar-refractivity contribution in [2.45, 2.75) is 6.92 Å². The van der Waals surface area contributed by atoms with E-state index in [9.17, 15) is 4.79 Å². The van der Waals surface area contributed by atoms with E-state index < -0.39 is 0 Å². The average molecular weight is 163 g/mol. The largest absolute Gasteiger partial charge is 0.273 e. The van der Waals surface area contributed by atoms with Crippen molar-refractivity contribution in [3.05, 3.63) is 28.2 Å². The highest BCUT2D eigenvalue weighted by atomic mass is 16.1. The highest BCUT2D eigenvalue weighted by molar-refractivity contribution is 5.74. The quantitative estimate of drug-likeness (QED) is 0.617. The lowest BCUT2D eigenvalue weighted by Crippen LogP contribution is -2.01. The van der Waals surface area contributed by atoms with Gasteiger partial charge in [-0.15, -0.1) is 0 Å². The molecule has 0 fully saturated rings. The third kappa shape index (κ3) is 0.845. The van der Waals surface area contributed by atoms with E-state index in [-0.39, 0.29) is 5.56 Å². The van der Waals surface area contributed by atoms with Crippen molar-refractivity contribution in [1.29, 1.82) is 0 Å². The number of nitrogens with zero attached hydrogens (tertiary/aromatic N) is 2. The first-order valence-corrected chi connectivity index (χ1v) is 3.70. The second-order valence-corrected chi connectivity index (χ2v) is 2.88. The summed E-state index contributed by atoms with van der Waals surface area (Å²) in [6.45, 7) is 1.92. The van der Waals surface area contributed by atoms with E-state index >= 15 is 0 Å². The summed E-state index contributed by atoms with van der Waals surface area (Å²) < 4.78 is 1.62. The molecule has 2 aromatic heterocycles. The monoisotopic (exact) mass is 163 g/mol. The molecule has 62 valence electrons. The third-order valence-corrected chi connectivity index (χ3v) is 1.83. The molecule has 0 saturated heterocycles. The Balaban J connectivity index is 3.00. The first-order valence-electron chi connectivity index (χ1n) is 3.70. The molecule has 2 rings (SSSR count). The predicted molar refractivity (Wildman–Crippen MR) is 46.1 cm³/mol. The van der Waals surface area contributed by atoms with Gasteiger partial charge in [0.2, 0.25) is 0 Å². The minimum absolute atomic E-state index is 0.0799. The Kier molecular flexibility index (Phi) is 1.30. The molecule has 2 aromatic rings. The molecule has 0 amide bonds. The van der Waals surface area contributed by atoms with Crippen LogP contribution in [0.5, 0.6) is 0 Å². The van der Waals surface area contributed by atoms with Gasteiger partial charge in [0.05, 0.1) is 5.39 Å². The van der Waals surface area contributed by atoms with Crippen molar-refractivity contribution in [3.63, 3.8) is 0 Å². The summed E-state index contributed by atoms with van der Waals surface area (Å²) in [5.74, 6) is 0. The van der Waals surface area contributed by atoms with Gasteiger partial charge in [0.15, 0.2) is 5.65 Å². The fraction of sp³-hybridized carbons (Fsp3) is 0.250. The van der Waals surface area contributed by atoms with Gasteiger partial charge in [-0.25, -0.2) is 4.98 Å². The Hall–Kier alpha value is -1.58. The summed E-state index contributed by atoms with van der Waals surface area (Å²) in [5.41, 5.74) is 1.62. The number of rotatable bonds is 0. The molecule has 0 unspecified atom stereocenters. The minimum Gasteiger partial charge on any atom is -0.271 e. The zero-order valence-electron chi connectivity index (χ0n) is 6.96. The lowest BCUT2D eigenvalue weighted by atomic mass is 10.2. The second kappa shape index (κ2) is 2.20. The number of aromatic amines is 1. The van der Waals surface area contributed by atoms with Gasteiger partial charge < -0.3 is 0 Å². The van der Waals surface area contributed by atoms with Crippen LogP contribution in [0.1, 0.15) is 5.56 Å². The van der Waals surface area contributed by atoms with Crippen LogP contribution < -0.4 is 5.56 Å². The molecule has 4 heteroatoms. The molecule has 0 saturated carbocycles. The molecule has 0 bridgehead atoms. The molecular weight excluding hydrogens is 154 g/mol. The van der Waals surface area contributed by atoms with E-state index in [1.165, 1.54) is 0 Å². The third-order valence-electron chi connectivity index (χ3n) is 1.83. The lowest BCUT2D eigenvalue weighted by Gasteiger charge is -1.93. The number of hydrogen-bond acceptors (Lipinski definition) is 2. The van der Waals surface area contributed by atoms with E-state index in [2.05, 4.69) is 10.1 Å². The van der Waals surface area contributed by atoms with E-state index in [0.29, 0.717) is 11.0 Å². The molecule has 0 aliphatic heterocycles. The summed E-state index contributed by atoms with van der Waals surface area (Å²) >= 11 is 0. The second-order valence-electron chi connectivity index (χ2n) is 2.88. The SMILES string of the molecule is Cc1cnc2c(c1)c(=O)[nH]n2C. The lowest BCUT2D eigenvalue weighted by molar-refractivity contribution is 0.774. The van der Waals surface area contributed by atoms with Crippen LogP contribution in [0.25, 0.3) is 11.0 Å². The van der Waals surface area contributed by atoms with Gasteiger partial charge in [-0.1, -0.05) is 0 Å². The van der Waals surface area contributed by atoms with E-state index in [1.807, 2.05) is 13.0 Å². The molecule has 0 radical (unpaired) electrons. The van der Waals surface area contributed by atoms with Crippen LogP contribution in [0.3, 0.4) is 0 Å². The zero-order valence-corrected chi connectivity index (χ0v) is 6.96. The Morgan fingerprint density at radius 3 is 3.08 bits per heavy atom. The fourth-order valence-electron chi connectivity index (χ4n) is 1.26. The van der Waals surface area contributed by atoms with Gasteiger partial charge in [-0.2, -0.15) is 0 Å². The van der Waals surface area contributed by atoms with Crippen molar-refractivity contribution in [3.8, 4) is 0 Å². The van der Waals surface area contributed by atoms with Gasteiger partial charge in [0.1, 0.15) is 0 Å². The number of aryl methyl sites for hydroxylation is 2. The number of aromatic nitrogens is 3. The Morgan fingerprint density at radius 1 is 1.58 bits per heavy atom. The molecule has 1 N–H and O–H groups in total. The Bertz CT molecular complexity index is 480. The summed E-state index contributed by atoms with van der Waals surface area (Å²) in [7, 11) is 1.77. The van der Waals surface area contributed by atoms with Crippen molar-refractivity contribution >= 4 is 11.0 Å². The van der Waals surface area contributed by atoms with Crippen molar-refractivity contribution in [1.82, 2.24) is 14.8 Å². The number of hydrogen-bond donors (Lipinski definition) is 1. The van der Waals surface area contributed by atoms with Gasteiger partial charge in [0.25, 0.3) is 5.56 Å². The molecule has 4 nitrogen and oxygen atoms in total. The number of nitrogens with one attached hydrogen (secondary N) is 1. The Morgan fingerprint density at radius 2 is 2.33 bits per heavy atom. The van der Waals surface area contributed by atoms with Crippen LogP contribution >= 0.6 is 0 Å². The van der Waals surface area contributed by atoms with E-state index in [0.717, 1.165) is 5.56 Å². The van der Waals surface area contributed by atoms with Crippen LogP contribution in [0.4, 0.5) is 0 Å². The molecular formula is C8H9N3O. The van der Waals surface area contributed by atoms with Crippen LogP contribution in [-0.4, -0.2) is 14.8 Å². The molecule has 0 aliphatic rings. The molecule has 2 heterocycles. The summed E-state index contributed by atoms with van der Waals surface area (Å²) in [6.07, 6.45) is 1.75. The normalized spacial score (nSPS) is 10.8.